The summed E-state index contributed by atoms with van der Waals surface area (Å²) < 4.78 is 5.64. The van der Waals surface area contributed by atoms with E-state index in [0.717, 1.165) is 6.61 Å². The SMILES string of the molecule is CNC(COC(C)C)c1cc(C)c(C)s1. The van der Waals surface area contributed by atoms with Crippen LogP contribution in [0.25, 0.3) is 0 Å². The molecule has 0 fully saturated rings. The van der Waals surface area contributed by atoms with Crippen molar-refractivity contribution in [3.05, 3.63) is 21.4 Å². The zero-order valence-electron chi connectivity index (χ0n) is 10.3. The van der Waals surface area contributed by atoms with Crippen LogP contribution in [0.5, 0.6) is 0 Å². The number of likely N-dealkylation sites (N-methyl/N-ethyl adjacent to an activating group) is 1. The molecule has 0 radical (unpaired) electrons. The first kappa shape index (κ1) is 12.7. The van der Waals surface area contributed by atoms with Gasteiger partial charge in [0.25, 0.3) is 0 Å². The molecule has 0 aliphatic heterocycles. The molecule has 3 heteroatoms. The van der Waals surface area contributed by atoms with Gasteiger partial charge in [-0.25, -0.2) is 0 Å². The van der Waals surface area contributed by atoms with Crippen molar-refractivity contribution >= 4 is 11.3 Å². The fourth-order valence-electron chi connectivity index (χ4n) is 1.37. The van der Waals surface area contributed by atoms with Crippen LogP contribution in [0.2, 0.25) is 0 Å². The highest BCUT2D eigenvalue weighted by Gasteiger charge is 2.13. The Morgan fingerprint density at radius 2 is 2.07 bits per heavy atom. The van der Waals surface area contributed by atoms with E-state index in [-0.39, 0.29) is 0 Å². The Morgan fingerprint density at radius 1 is 1.40 bits per heavy atom. The van der Waals surface area contributed by atoms with Crippen molar-refractivity contribution in [2.75, 3.05) is 13.7 Å². The lowest BCUT2D eigenvalue weighted by atomic mass is 10.2. The van der Waals surface area contributed by atoms with Crippen LogP contribution in [-0.2, 0) is 4.74 Å². The van der Waals surface area contributed by atoms with Crippen LogP contribution < -0.4 is 5.32 Å². The molecule has 1 atom stereocenters. The molecule has 1 unspecified atom stereocenters. The molecule has 1 aromatic heterocycles. The molecule has 0 aromatic carbocycles. The number of thiophene rings is 1. The molecule has 15 heavy (non-hydrogen) atoms. The minimum Gasteiger partial charge on any atom is -0.377 e. The Kier molecular flexibility index (Phi) is 4.77. The van der Waals surface area contributed by atoms with Crippen LogP contribution in [0.3, 0.4) is 0 Å². The maximum Gasteiger partial charge on any atom is 0.0672 e. The molecule has 0 saturated carbocycles. The number of ether oxygens (including phenoxy) is 1. The third-order valence-corrected chi connectivity index (χ3v) is 3.74. The van der Waals surface area contributed by atoms with Crippen molar-refractivity contribution in [3.63, 3.8) is 0 Å². The predicted octanol–water partition coefficient (Wildman–Crippen LogP) is 3.05. The molecule has 0 amide bonds. The minimum atomic E-state index is 0.294. The van der Waals surface area contributed by atoms with Gasteiger partial charge in [-0.3, -0.25) is 0 Å². The molecule has 1 heterocycles. The van der Waals surface area contributed by atoms with Crippen molar-refractivity contribution in [1.82, 2.24) is 5.32 Å². The molecular weight excluding hydrogens is 206 g/mol. The molecule has 1 N–H and O–H groups in total. The van der Waals surface area contributed by atoms with Gasteiger partial charge in [0.1, 0.15) is 0 Å². The van der Waals surface area contributed by atoms with Crippen molar-refractivity contribution < 1.29 is 4.74 Å². The van der Waals surface area contributed by atoms with Gasteiger partial charge < -0.3 is 10.1 Å². The minimum absolute atomic E-state index is 0.294. The second-order valence-electron chi connectivity index (χ2n) is 4.11. The van der Waals surface area contributed by atoms with E-state index in [1.165, 1.54) is 15.3 Å². The van der Waals surface area contributed by atoms with Gasteiger partial charge >= 0.3 is 0 Å². The molecule has 0 spiro atoms. The van der Waals surface area contributed by atoms with Gasteiger partial charge in [-0.15, -0.1) is 11.3 Å². The van der Waals surface area contributed by atoms with Crippen LogP contribution >= 0.6 is 11.3 Å². The number of aryl methyl sites for hydroxylation is 2. The van der Waals surface area contributed by atoms with Crippen LogP contribution in [-0.4, -0.2) is 19.8 Å². The van der Waals surface area contributed by atoms with Crippen molar-refractivity contribution in [2.24, 2.45) is 0 Å². The Labute approximate surface area is 96.7 Å². The molecule has 1 aromatic rings. The molecular formula is C12H21NOS. The van der Waals surface area contributed by atoms with Gasteiger partial charge in [-0.05, 0) is 46.4 Å². The van der Waals surface area contributed by atoms with E-state index in [9.17, 15) is 0 Å². The third kappa shape index (κ3) is 3.59. The van der Waals surface area contributed by atoms with E-state index in [1.54, 1.807) is 0 Å². The average molecular weight is 227 g/mol. The Morgan fingerprint density at radius 3 is 2.47 bits per heavy atom. The van der Waals surface area contributed by atoms with Crippen molar-refractivity contribution in [1.29, 1.82) is 0 Å². The standard InChI is InChI=1S/C12H21NOS/c1-8(2)14-7-11(13-5)12-6-9(3)10(4)15-12/h6,8,11,13H,7H2,1-5H3. The Bertz CT molecular complexity index is 287. The number of hydrogen-bond acceptors (Lipinski definition) is 3. The first-order chi connectivity index (χ1) is 7.04. The first-order valence-corrected chi connectivity index (χ1v) is 6.22. The summed E-state index contributed by atoms with van der Waals surface area (Å²) in [6.45, 7) is 9.20. The summed E-state index contributed by atoms with van der Waals surface area (Å²) in [6, 6.07) is 2.58. The number of rotatable bonds is 5. The van der Waals surface area contributed by atoms with E-state index >= 15 is 0 Å². The largest absolute Gasteiger partial charge is 0.377 e. The lowest BCUT2D eigenvalue weighted by Gasteiger charge is -2.16. The van der Waals surface area contributed by atoms with Gasteiger partial charge in [0, 0.05) is 9.75 Å². The second-order valence-corrected chi connectivity index (χ2v) is 5.40. The molecule has 0 saturated heterocycles. The van der Waals surface area contributed by atoms with Gasteiger partial charge in [0.2, 0.25) is 0 Å². The fourth-order valence-corrected chi connectivity index (χ4v) is 2.51. The highest BCUT2D eigenvalue weighted by molar-refractivity contribution is 7.12. The Balaban J connectivity index is 2.65. The zero-order valence-corrected chi connectivity index (χ0v) is 11.1. The second kappa shape index (κ2) is 5.64. The van der Waals surface area contributed by atoms with E-state index in [0.29, 0.717) is 12.1 Å². The zero-order chi connectivity index (χ0) is 11.4. The monoisotopic (exact) mass is 227 g/mol. The fraction of sp³-hybridized carbons (Fsp3) is 0.667. The quantitative estimate of drug-likeness (QED) is 0.835. The molecule has 86 valence electrons. The summed E-state index contributed by atoms with van der Waals surface area (Å²) in [5, 5.41) is 3.30. The highest BCUT2D eigenvalue weighted by Crippen LogP contribution is 2.26. The molecule has 0 bridgehead atoms. The summed E-state index contributed by atoms with van der Waals surface area (Å²) in [6.07, 6.45) is 0.294. The van der Waals surface area contributed by atoms with E-state index in [4.69, 9.17) is 4.74 Å². The first-order valence-electron chi connectivity index (χ1n) is 5.40. The smallest absolute Gasteiger partial charge is 0.0672 e. The van der Waals surface area contributed by atoms with Crippen LogP contribution in [0.1, 0.15) is 35.2 Å². The maximum absolute atomic E-state index is 5.64. The van der Waals surface area contributed by atoms with E-state index < -0.39 is 0 Å². The summed E-state index contributed by atoms with van der Waals surface area (Å²) in [4.78, 5) is 2.77. The van der Waals surface area contributed by atoms with Gasteiger partial charge in [0.05, 0.1) is 18.8 Å². The molecule has 0 aliphatic carbocycles. The lowest BCUT2D eigenvalue weighted by molar-refractivity contribution is 0.0632. The summed E-state index contributed by atoms with van der Waals surface area (Å²) >= 11 is 1.86. The van der Waals surface area contributed by atoms with Crippen LogP contribution in [0.4, 0.5) is 0 Å². The third-order valence-electron chi connectivity index (χ3n) is 2.47. The summed E-state index contributed by atoms with van der Waals surface area (Å²) in [5.74, 6) is 0. The van der Waals surface area contributed by atoms with Crippen LogP contribution in [0, 0.1) is 13.8 Å². The number of hydrogen-bond donors (Lipinski definition) is 1. The van der Waals surface area contributed by atoms with Gasteiger partial charge in [-0.1, -0.05) is 0 Å². The van der Waals surface area contributed by atoms with Crippen LogP contribution in [0.15, 0.2) is 6.07 Å². The molecule has 2 nitrogen and oxygen atoms in total. The topological polar surface area (TPSA) is 21.3 Å². The molecule has 1 rings (SSSR count). The van der Waals surface area contributed by atoms with Gasteiger partial charge in [0.15, 0.2) is 0 Å². The normalized spacial score (nSPS) is 13.5. The highest BCUT2D eigenvalue weighted by atomic mass is 32.1. The van der Waals surface area contributed by atoms with Crippen molar-refractivity contribution in [2.45, 2.75) is 39.8 Å². The van der Waals surface area contributed by atoms with Gasteiger partial charge in [-0.2, -0.15) is 0 Å². The average Bonchev–Trinajstić information content (AvgIpc) is 2.47. The van der Waals surface area contributed by atoms with E-state index in [1.807, 2.05) is 18.4 Å². The summed E-state index contributed by atoms with van der Waals surface area (Å²) in [5.41, 5.74) is 1.37. The summed E-state index contributed by atoms with van der Waals surface area (Å²) in [7, 11) is 1.98. The predicted molar refractivity (Wildman–Crippen MR) is 66.7 cm³/mol. The molecule has 0 aliphatic rings. The number of nitrogens with one attached hydrogen (secondary N) is 1. The Hall–Kier alpha value is -0.380. The maximum atomic E-state index is 5.64. The lowest BCUT2D eigenvalue weighted by Crippen LogP contribution is -2.22. The van der Waals surface area contributed by atoms with Crippen molar-refractivity contribution in [3.8, 4) is 0 Å². The van der Waals surface area contributed by atoms with E-state index in [2.05, 4.69) is 39.1 Å².